The number of fused-ring (bicyclic) bond motifs is 7. The summed E-state index contributed by atoms with van der Waals surface area (Å²) in [4.78, 5) is 0. The van der Waals surface area contributed by atoms with Gasteiger partial charge in [0.2, 0.25) is 0 Å². The van der Waals surface area contributed by atoms with Gasteiger partial charge < -0.3 is 15.6 Å². The van der Waals surface area contributed by atoms with Crippen LogP contribution in [0.1, 0.15) is 50.4 Å². The van der Waals surface area contributed by atoms with E-state index in [2.05, 4.69) is 206 Å². The monoisotopic (exact) mass is 815 g/mol. The quantitative estimate of drug-likeness (QED) is 0.158. The molecule has 11 rings (SSSR count). The zero-order valence-corrected chi connectivity index (χ0v) is 34.6. The van der Waals surface area contributed by atoms with Crippen LogP contribution in [0.4, 0.5) is 0 Å². The van der Waals surface area contributed by atoms with Gasteiger partial charge in [-0.3, -0.25) is 0 Å². The van der Waals surface area contributed by atoms with Crippen LogP contribution in [-0.2, 0) is 5.41 Å². The molecule has 0 spiro atoms. The van der Waals surface area contributed by atoms with Crippen LogP contribution < -0.4 is 10.5 Å². The van der Waals surface area contributed by atoms with Crippen LogP contribution in [0.3, 0.4) is 0 Å². The Morgan fingerprint density at radius 3 is 1.97 bits per heavy atom. The molecule has 1 unspecified atom stereocenters. The third kappa shape index (κ3) is 6.10. The van der Waals surface area contributed by atoms with Crippen molar-refractivity contribution in [3.8, 4) is 16.9 Å². The molecule has 9 aromatic rings. The molecular formula is C58H41NO2S. The van der Waals surface area contributed by atoms with Crippen molar-refractivity contribution in [2.24, 2.45) is 5.73 Å². The molecule has 296 valence electrons. The molecular weight excluding hydrogens is 775 g/mol. The number of para-hydroxylation sites is 1. The van der Waals surface area contributed by atoms with Gasteiger partial charge in [0.15, 0.2) is 5.76 Å². The molecule has 1 aromatic heterocycles. The van der Waals surface area contributed by atoms with E-state index in [1.807, 2.05) is 12.1 Å². The van der Waals surface area contributed by atoms with E-state index in [9.17, 15) is 5.11 Å². The Kier molecular flexibility index (Phi) is 9.29. The summed E-state index contributed by atoms with van der Waals surface area (Å²) in [6.07, 6.45) is 7.27. The van der Waals surface area contributed by atoms with Gasteiger partial charge in [-0.15, -0.1) is 11.3 Å². The van der Waals surface area contributed by atoms with Crippen molar-refractivity contribution < 1.29 is 9.84 Å². The van der Waals surface area contributed by atoms with Gasteiger partial charge in [0.25, 0.3) is 0 Å². The molecule has 3 N–H and O–H groups in total. The molecule has 1 aliphatic carbocycles. The maximum absolute atomic E-state index is 10.7. The van der Waals surface area contributed by atoms with Crippen molar-refractivity contribution in [3.05, 3.63) is 281 Å². The van der Waals surface area contributed by atoms with Crippen molar-refractivity contribution in [3.63, 3.8) is 0 Å². The van der Waals surface area contributed by atoms with Gasteiger partial charge >= 0.3 is 0 Å². The van der Waals surface area contributed by atoms with Crippen molar-refractivity contribution in [2.45, 2.75) is 11.3 Å². The minimum Gasteiger partial charge on any atom is -0.512 e. The molecule has 0 saturated carbocycles. The second-order valence-electron chi connectivity index (χ2n) is 15.9. The Labute approximate surface area is 365 Å². The van der Waals surface area contributed by atoms with Crippen LogP contribution in [0.2, 0.25) is 0 Å². The summed E-state index contributed by atoms with van der Waals surface area (Å²) in [5.74, 6) is 0.891. The molecule has 0 radical (unpaired) electrons. The molecule has 4 heteroatoms. The first-order valence-corrected chi connectivity index (χ1v) is 21.8. The van der Waals surface area contributed by atoms with E-state index in [1.165, 1.54) is 25.7 Å². The Morgan fingerprint density at radius 1 is 0.565 bits per heavy atom. The Bertz CT molecular complexity index is 3240. The average molecular weight is 816 g/mol. The maximum Gasteiger partial charge on any atom is 0.161 e. The zero-order chi connectivity index (χ0) is 41.6. The Hall–Kier alpha value is -7.66. The van der Waals surface area contributed by atoms with Crippen molar-refractivity contribution >= 4 is 42.8 Å². The maximum atomic E-state index is 10.7. The lowest BCUT2D eigenvalue weighted by molar-refractivity contribution is 0.388. The number of nitrogens with two attached hydrogens (primary N) is 1. The molecule has 2 aliphatic rings. The number of hydrogen-bond donors (Lipinski definition) is 2. The van der Waals surface area contributed by atoms with Crippen molar-refractivity contribution in [1.29, 1.82) is 0 Å². The summed E-state index contributed by atoms with van der Waals surface area (Å²) in [6.45, 7) is 0. The predicted octanol–water partition coefficient (Wildman–Crippen LogP) is 14.4. The second-order valence-corrected chi connectivity index (χ2v) is 17.0. The zero-order valence-electron chi connectivity index (χ0n) is 33.8. The van der Waals surface area contributed by atoms with Gasteiger partial charge in [-0.1, -0.05) is 194 Å². The molecule has 0 saturated heterocycles. The fourth-order valence-corrected chi connectivity index (χ4v) is 10.9. The number of aliphatic hydroxyl groups excluding tert-OH is 1. The van der Waals surface area contributed by atoms with Crippen LogP contribution in [0.15, 0.2) is 236 Å². The SMILES string of the molecule is N/C(=C\C(c1ccccc1)c1cccc(-c2cccc3c2OC(=C\O)/C=C\C2=C3c3ccccc3C2(c2ccccc2)c2ccccc2)c1)c1ccc2c(c1)sc1ccccc12. The van der Waals surface area contributed by atoms with E-state index in [1.54, 1.807) is 11.3 Å². The Morgan fingerprint density at radius 2 is 1.19 bits per heavy atom. The largest absolute Gasteiger partial charge is 0.512 e. The van der Waals surface area contributed by atoms with Gasteiger partial charge in [0.05, 0.1) is 5.41 Å². The summed E-state index contributed by atoms with van der Waals surface area (Å²) >= 11 is 1.80. The number of aliphatic hydroxyl groups is 1. The Balaban J connectivity index is 1.08. The number of thiophene rings is 1. The van der Waals surface area contributed by atoms with Gasteiger partial charge in [-0.25, -0.2) is 0 Å². The van der Waals surface area contributed by atoms with Crippen molar-refractivity contribution in [1.82, 2.24) is 0 Å². The van der Waals surface area contributed by atoms with Crippen LogP contribution in [0, 0.1) is 0 Å². The van der Waals surface area contributed by atoms with Crippen LogP contribution >= 0.6 is 11.3 Å². The minimum atomic E-state index is -0.632. The molecule has 8 aromatic carbocycles. The molecule has 0 fully saturated rings. The number of hydrogen-bond acceptors (Lipinski definition) is 4. The fraction of sp³-hybridized carbons (Fsp3) is 0.0345. The van der Waals surface area contributed by atoms with Gasteiger partial charge in [-0.05, 0) is 79.9 Å². The third-order valence-corrected chi connectivity index (χ3v) is 13.6. The van der Waals surface area contributed by atoms with Crippen LogP contribution in [-0.4, -0.2) is 5.11 Å². The second kappa shape index (κ2) is 15.4. The molecule has 0 bridgehead atoms. The van der Waals surface area contributed by atoms with Crippen LogP contribution in [0.25, 0.3) is 42.6 Å². The molecule has 62 heavy (non-hydrogen) atoms. The predicted molar refractivity (Wildman–Crippen MR) is 257 cm³/mol. The van der Waals surface area contributed by atoms with Crippen molar-refractivity contribution in [2.75, 3.05) is 0 Å². The van der Waals surface area contributed by atoms with Crippen LogP contribution in [0.5, 0.6) is 5.75 Å². The molecule has 0 amide bonds. The lowest BCUT2D eigenvalue weighted by Crippen LogP contribution is -2.29. The van der Waals surface area contributed by atoms with E-state index in [0.717, 1.165) is 73.2 Å². The summed E-state index contributed by atoms with van der Waals surface area (Å²) in [7, 11) is 0. The molecule has 1 aliphatic heterocycles. The summed E-state index contributed by atoms with van der Waals surface area (Å²) in [6, 6.07) is 71.0. The number of rotatable bonds is 7. The highest BCUT2D eigenvalue weighted by Gasteiger charge is 2.48. The topological polar surface area (TPSA) is 55.5 Å². The first-order chi connectivity index (χ1) is 30.6. The number of ether oxygens (including phenoxy) is 1. The standard InChI is InChI=1S/C58H41NO2S/c59-53(41-30-32-47-46-24-11-13-29-54(46)62-55(47)35-41)36-50(38-16-4-1-5-17-38)40-19-14-18-39(34-40)45-26-15-27-49-56-48-25-10-12-28-51(48)58(42-20-6-2-7-21-42,43-22-8-3-9-23-43)52(56)33-31-44(37-60)61-57(45)49/h1-37,50,60H,59H2/b33-31-,44-37-,53-36-. The molecule has 1 atom stereocenters. The van der Waals surface area contributed by atoms with E-state index in [-0.39, 0.29) is 5.92 Å². The number of benzene rings is 8. The molecule has 2 heterocycles. The highest BCUT2D eigenvalue weighted by Crippen LogP contribution is 2.58. The fourth-order valence-electron chi connectivity index (χ4n) is 9.75. The molecule has 3 nitrogen and oxygen atoms in total. The normalized spacial score (nSPS) is 15.9. The van der Waals surface area contributed by atoms with E-state index < -0.39 is 5.41 Å². The van der Waals surface area contributed by atoms with E-state index in [4.69, 9.17) is 10.5 Å². The van der Waals surface area contributed by atoms with Gasteiger partial charge in [-0.2, -0.15) is 0 Å². The summed E-state index contributed by atoms with van der Waals surface area (Å²) < 4.78 is 9.29. The summed E-state index contributed by atoms with van der Waals surface area (Å²) in [5, 5.41) is 13.2. The lowest BCUT2D eigenvalue weighted by Gasteiger charge is -2.35. The van der Waals surface area contributed by atoms with E-state index in [0.29, 0.717) is 11.5 Å². The highest BCUT2D eigenvalue weighted by atomic mass is 32.1. The first-order valence-electron chi connectivity index (χ1n) is 21.0. The lowest BCUT2D eigenvalue weighted by atomic mass is 9.66. The minimum absolute atomic E-state index is 0.134. The first kappa shape index (κ1) is 37.3. The summed E-state index contributed by atoms with van der Waals surface area (Å²) in [5.41, 5.74) is 20.1. The van der Waals surface area contributed by atoms with Gasteiger partial charge in [0, 0.05) is 42.9 Å². The third-order valence-electron chi connectivity index (χ3n) is 12.5. The highest BCUT2D eigenvalue weighted by molar-refractivity contribution is 7.25. The smallest absolute Gasteiger partial charge is 0.161 e. The number of allylic oxidation sites excluding steroid dienone is 4. The average Bonchev–Trinajstić information content (AvgIpc) is 3.85. The van der Waals surface area contributed by atoms with E-state index >= 15 is 0 Å². The van der Waals surface area contributed by atoms with Gasteiger partial charge in [0.1, 0.15) is 12.0 Å².